The van der Waals surface area contributed by atoms with Crippen LogP contribution in [0.5, 0.6) is 0 Å². The van der Waals surface area contributed by atoms with E-state index >= 15 is 0 Å². The molecule has 3 nitrogen and oxygen atoms in total. The Labute approximate surface area is 181 Å². The van der Waals surface area contributed by atoms with Gasteiger partial charge in [0.2, 0.25) is 5.91 Å². The Balaban J connectivity index is 1.70. The van der Waals surface area contributed by atoms with Gasteiger partial charge in [0.1, 0.15) is 0 Å². The second-order valence-corrected chi connectivity index (χ2v) is 9.39. The highest BCUT2D eigenvalue weighted by Gasteiger charge is 2.25. The zero-order valence-electron chi connectivity index (χ0n) is 18.1. The Morgan fingerprint density at radius 3 is 2.62 bits per heavy atom. The number of aromatic nitrogens is 1. The molecule has 1 aromatic carbocycles. The molecule has 1 aliphatic carbocycles. The van der Waals surface area contributed by atoms with E-state index in [1.807, 2.05) is 18.2 Å². The smallest absolute Gasteiger partial charge is 0.223 e. The standard InChI is InChI=1S/C25H35ClN2O/c1-19(2)20(3)28(25(29)14-13-21-8-4-5-9-21)18-24-12-7-15-27(24)17-22-10-6-11-23(26)16-22/h6-7,10-12,15-16,19-21H,4-5,8-9,13-14,17-18H2,1-3H3/t20-/m1/s1. The third-order valence-corrected chi connectivity index (χ3v) is 6.75. The molecule has 0 spiro atoms. The minimum absolute atomic E-state index is 0.223. The predicted molar refractivity (Wildman–Crippen MR) is 121 cm³/mol. The molecule has 0 aliphatic heterocycles. The summed E-state index contributed by atoms with van der Waals surface area (Å²) < 4.78 is 2.23. The number of halogens is 1. The fourth-order valence-corrected chi connectivity index (χ4v) is 4.56. The summed E-state index contributed by atoms with van der Waals surface area (Å²) in [6, 6.07) is 12.4. The second kappa shape index (κ2) is 10.3. The summed E-state index contributed by atoms with van der Waals surface area (Å²) in [5, 5.41) is 0.758. The van der Waals surface area contributed by atoms with E-state index in [9.17, 15) is 4.79 Å². The Morgan fingerprint density at radius 2 is 1.93 bits per heavy atom. The van der Waals surface area contributed by atoms with Gasteiger partial charge in [-0.15, -0.1) is 0 Å². The Hall–Kier alpha value is -1.74. The zero-order valence-corrected chi connectivity index (χ0v) is 18.9. The quantitative estimate of drug-likeness (QED) is 0.457. The number of amides is 1. The maximum Gasteiger partial charge on any atom is 0.223 e. The largest absolute Gasteiger partial charge is 0.345 e. The fourth-order valence-electron chi connectivity index (χ4n) is 4.34. The highest BCUT2D eigenvalue weighted by molar-refractivity contribution is 6.30. The van der Waals surface area contributed by atoms with Gasteiger partial charge in [-0.3, -0.25) is 4.79 Å². The van der Waals surface area contributed by atoms with Gasteiger partial charge >= 0.3 is 0 Å². The first-order chi connectivity index (χ1) is 13.9. The monoisotopic (exact) mass is 414 g/mol. The number of hydrogen-bond acceptors (Lipinski definition) is 1. The van der Waals surface area contributed by atoms with Gasteiger partial charge in [0, 0.05) is 35.9 Å². The molecule has 0 N–H and O–H groups in total. The summed E-state index contributed by atoms with van der Waals surface area (Å²) in [5.41, 5.74) is 2.35. The van der Waals surface area contributed by atoms with E-state index in [-0.39, 0.29) is 6.04 Å². The topological polar surface area (TPSA) is 25.2 Å². The van der Waals surface area contributed by atoms with Gasteiger partial charge in [0.05, 0.1) is 6.54 Å². The van der Waals surface area contributed by atoms with Crippen LogP contribution >= 0.6 is 11.6 Å². The van der Waals surface area contributed by atoms with Crippen LogP contribution in [-0.4, -0.2) is 21.4 Å². The number of hydrogen-bond donors (Lipinski definition) is 0. The lowest BCUT2D eigenvalue weighted by Crippen LogP contribution is -2.41. The predicted octanol–water partition coefficient (Wildman–Crippen LogP) is 6.53. The highest BCUT2D eigenvalue weighted by atomic mass is 35.5. The lowest BCUT2D eigenvalue weighted by atomic mass is 9.99. The molecular weight excluding hydrogens is 380 g/mol. The first kappa shape index (κ1) is 22.0. The van der Waals surface area contributed by atoms with Crippen LogP contribution in [0.1, 0.15) is 70.6 Å². The lowest BCUT2D eigenvalue weighted by molar-refractivity contribution is -0.135. The second-order valence-electron chi connectivity index (χ2n) is 8.95. The van der Waals surface area contributed by atoms with Crippen LogP contribution in [0.3, 0.4) is 0 Å². The van der Waals surface area contributed by atoms with Gasteiger partial charge in [0.25, 0.3) is 0 Å². The van der Waals surface area contributed by atoms with Crippen molar-refractivity contribution in [3.8, 4) is 0 Å². The number of carbonyl (C=O) groups is 1. The van der Waals surface area contributed by atoms with Gasteiger partial charge in [-0.2, -0.15) is 0 Å². The van der Waals surface area contributed by atoms with Crippen LogP contribution < -0.4 is 0 Å². The number of nitrogens with zero attached hydrogens (tertiary/aromatic N) is 2. The van der Waals surface area contributed by atoms with Crippen molar-refractivity contribution in [3.05, 3.63) is 58.9 Å². The van der Waals surface area contributed by atoms with Gasteiger partial charge in [-0.25, -0.2) is 0 Å². The van der Waals surface area contributed by atoms with Crippen molar-refractivity contribution in [1.29, 1.82) is 0 Å². The summed E-state index contributed by atoms with van der Waals surface area (Å²) in [7, 11) is 0. The fraction of sp³-hybridized carbons (Fsp3) is 0.560. The van der Waals surface area contributed by atoms with Crippen molar-refractivity contribution in [2.75, 3.05) is 0 Å². The minimum atomic E-state index is 0.223. The van der Waals surface area contributed by atoms with E-state index in [4.69, 9.17) is 11.6 Å². The molecule has 1 amide bonds. The molecule has 0 unspecified atom stereocenters. The van der Waals surface area contributed by atoms with Gasteiger partial charge in [-0.05, 0) is 55.0 Å². The van der Waals surface area contributed by atoms with Gasteiger partial charge in [0.15, 0.2) is 0 Å². The van der Waals surface area contributed by atoms with Crippen molar-refractivity contribution in [2.24, 2.45) is 11.8 Å². The third-order valence-electron chi connectivity index (χ3n) is 6.52. The average Bonchev–Trinajstić information content (AvgIpc) is 3.35. The van der Waals surface area contributed by atoms with E-state index in [2.05, 4.69) is 54.6 Å². The normalized spacial score (nSPS) is 15.8. The van der Waals surface area contributed by atoms with Crippen molar-refractivity contribution in [3.63, 3.8) is 0 Å². The molecule has 0 radical (unpaired) electrons. The first-order valence-corrected chi connectivity index (χ1v) is 11.5. The Kier molecular flexibility index (Phi) is 7.83. The molecule has 29 heavy (non-hydrogen) atoms. The van der Waals surface area contributed by atoms with Crippen LogP contribution in [0.2, 0.25) is 5.02 Å². The first-order valence-electron chi connectivity index (χ1n) is 11.1. The van der Waals surface area contributed by atoms with E-state index in [1.54, 1.807) is 0 Å². The molecule has 1 saturated carbocycles. The molecule has 3 rings (SSSR count). The molecule has 0 bridgehead atoms. The van der Waals surface area contributed by atoms with Crippen LogP contribution in [-0.2, 0) is 17.9 Å². The van der Waals surface area contributed by atoms with Crippen molar-refractivity contribution in [1.82, 2.24) is 9.47 Å². The van der Waals surface area contributed by atoms with Crippen molar-refractivity contribution < 1.29 is 4.79 Å². The van der Waals surface area contributed by atoms with E-state index in [0.29, 0.717) is 24.8 Å². The maximum absolute atomic E-state index is 13.2. The van der Waals surface area contributed by atoms with Crippen molar-refractivity contribution in [2.45, 2.75) is 78.4 Å². The molecule has 1 atom stereocenters. The van der Waals surface area contributed by atoms with Crippen LogP contribution in [0.4, 0.5) is 0 Å². The summed E-state index contributed by atoms with van der Waals surface area (Å²) in [4.78, 5) is 15.3. The SMILES string of the molecule is CC(C)[C@@H](C)N(Cc1cccn1Cc1cccc(Cl)c1)C(=O)CCC1CCCC1. The average molecular weight is 415 g/mol. The molecule has 1 aromatic heterocycles. The Morgan fingerprint density at radius 1 is 1.17 bits per heavy atom. The van der Waals surface area contributed by atoms with Gasteiger partial charge < -0.3 is 9.47 Å². The maximum atomic E-state index is 13.2. The number of carbonyl (C=O) groups excluding carboxylic acids is 1. The van der Waals surface area contributed by atoms with Crippen LogP contribution in [0, 0.1) is 11.8 Å². The summed E-state index contributed by atoms with van der Waals surface area (Å²) in [6.07, 6.45) is 9.09. The zero-order chi connectivity index (χ0) is 20.8. The lowest BCUT2D eigenvalue weighted by Gasteiger charge is -2.33. The molecule has 1 heterocycles. The number of rotatable bonds is 9. The van der Waals surface area contributed by atoms with Gasteiger partial charge in [-0.1, -0.05) is 63.3 Å². The van der Waals surface area contributed by atoms with Crippen LogP contribution in [0.25, 0.3) is 0 Å². The number of benzene rings is 1. The molecule has 1 aliphatic rings. The molecule has 4 heteroatoms. The van der Waals surface area contributed by atoms with E-state index in [1.165, 1.54) is 36.9 Å². The van der Waals surface area contributed by atoms with Crippen LogP contribution in [0.15, 0.2) is 42.6 Å². The summed E-state index contributed by atoms with van der Waals surface area (Å²) >= 11 is 6.15. The molecule has 0 saturated heterocycles. The molecule has 158 valence electrons. The molecule has 1 fully saturated rings. The Bertz CT molecular complexity index is 792. The van der Waals surface area contributed by atoms with E-state index in [0.717, 1.165) is 23.9 Å². The highest BCUT2D eigenvalue weighted by Crippen LogP contribution is 2.29. The summed E-state index contributed by atoms with van der Waals surface area (Å²) in [6.45, 7) is 8.02. The summed E-state index contributed by atoms with van der Waals surface area (Å²) in [5.74, 6) is 1.48. The van der Waals surface area contributed by atoms with E-state index < -0.39 is 0 Å². The van der Waals surface area contributed by atoms with Crippen molar-refractivity contribution >= 4 is 17.5 Å². The molecular formula is C25H35ClN2O. The minimum Gasteiger partial charge on any atom is -0.345 e. The molecule has 2 aromatic rings. The third kappa shape index (κ3) is 6.12.